The van der Waals surface area contributed by atoms with Gasteiger partial charge in [-0.3, -0.25) is 0 Å². The highest BCUT2D eigenvalue weighted by atomic mass is 19.1. The van der Waals surface area contributed by atoms with Crippen LogP contribution in [0.25, 0.3) is 0 Å². The molecule has 1 rings (SSSR count). The lowest BCUT2D eigenvalue weighted by Crippen LogP contribution is -2.09. The molecule has 0 amide bonds. The zero-order valence-electron chi connectivity index (χ0n) is 10.0. The number of rotatable bonds is 5. The molecular formula is C13H19FO2. The molecule has 0 aromatic heterocycles. The Hall–Kier alpha value is -1.09. The second-order valence-electron chi connectivity index (χ2n) is 4.36. The predicted octanol–water partition coefficient (Wildman–Crippen LogP) is 2.78. The molecular weight excluding hydrogens is 207 g/mol. The van der Waals surface area contributed by atoms with Crippen molar-refractivity contribution in [2.45, 2.75) is 32.8 Å². The number of halogens is 1. The average molecular weight is 226 g/mol. The lowest BCUT2D eigenvalue weighted by Gasteiger charge is -2.13. The Morgan fingerprint density at radius 2 is 2.06 bits per heavy atom. The molecule has 90 valence electrons. The van der Waals surface area contributed by atoms with Crippen LogP contribution >= 0.6 is 0 Å². The topological polar surface area (TPSA) is 29.5 Å². The minimum absolute atomic E-state index is 0.270. The number of aliphatic hydroxyl groups excluding tert-OH is 1. The summed E-state index contributed by atoms with van der Waals surface area (Å²) >= 11 is 0. The summed E-state index contributed by atoms with van der Waals surface area (Å²) in [5, 5.41) is 9.24. The van der Waals surface area contributed by atoms with Crippen LogP contribution in [0.1, 0.15) is 25.8 Å². The van der Waals surface area contributed by atoms with Crippen LogP contribution in [0.5, 0.6) is 5.75 Å². The minimum Gasteiger partial charge on any atom is -0.494 e. The van der Waals surface area contributed by atoms with Crippen LogP contribution in [0.3, 0.4) is 0 Å². The molecule has 2 unspecified atom stereocenters. The first-order valence-electron chi connectivity index (χ1n) is 5.53. The molecule has 0 aliphatic heterocycles. The van der Waals surface area contributed by atoms with E-state index < -0.39 is 0 Å². The molecule has 0 radical (unpaired) electrons. The standard InChI is InChI=1S/C13H19FO2/c1-9(6-10(2)15)7-11-4-5-13(16-3)12(14)8-11/h4-5,8-10,15H,6-7H2,1-3H3. The van der Waals surface area contributed by atoms with Crippen molar-refractivity contribution >= 4 is 0 Å². The van der Waals surface area contributed by atoms with E-state index in [1.54, 1.807) is 13.0 Å². The molecule has 2 nitrogen and oxygen atoms in total. The van der Waals surface area contributed by atoms with E-state index >= 15 is 0 Å². The Bertz CT molecular complexity index is 337. The third-order valence-corrected chi connectivity index (χ3v) is 2.54. The fourth-order valence-electron chi connectivity index (χ4n) is 1.90. The molecule has 0 bridgehead atoms. The van der Waals surface area contributed by atoms with Crippen molar-refractivity contribution in [1.82, 2.24) is 0 Å². The first-order valence-corrected chi connectivity index (χ1v) is 5.53. The van der Waals surface area contributed by atoms with Gasteiger partial charge in [-0.25, -0.2) is 4.39 Å². The van der Waals surface area contributed by atoms with Crippen LogP contribution in [-0.2, 0) is 6.42 Å². The number of hydrogen-bond acceptors (Lipinski definition) is 2. The van der Waals surface area contributed by atoms with Crippen molar-refractivity contribution in [3.8, 4) is 5.75 Å². The van der Waals surface area contributed by atoms with Gasteiger partial charge in [-0.1, -0.05) is 13.0 Å². The van der Waals surface area contributed by atoms with E-state index in [-0.39, 0.29) is 17.7 Å². The summed E-state index contributed by atoms with van der Waals surface area (Å²) in [6.45, 7) is 3.82. The summed E-state index contributed by atoms with van der Waals surface area (Å²) < 4.78 is 18.2. The first kappa shape index (κ1) is 13.0. The average Bonchev–Trinajstić information content (AvgIpc) is 2.16. The van der Waals surface area contributed by atoms with Gasteiger partial charge >= 0.3 is 0 Å². The Labute approximate surface area is 96.1 Å². The molecule has 1 aromatic carbocycles. The van der Waals surface area contributed by atoms with Gasteiger partial charge in [0.25, 0.3) is 0 Å². The summed E-state index contributed by atoms with van der Waals surface area (Å²) in [4.78, 5) is 0. The van der Waals surface area contributed by atoms with Gasteiger partial charge in [0.15, 0.2) is 11.6 Å². The highest BCUT2D eigenvalue weighted by molar-refractivity contribution is 5.29. The smallest absolute Gasteiger partial charge is 0.165 e. The van der Waals surface area contributed by atoms with Crippen LogP contribution in [0.2, 0.25) is 0 Å². The van der Waals surface area contributed by atoms with Crippen molar-refractivity contribution in [1.29, 1.82) is 0 Å². The van der Waals surface area contributed by atoms with E-state index in [1.807, 2.05) is 6.07 Å². The Morgan fingerprint density at radius 3 is 2.56 bits per heavy atom. The first-order chi connectivity index (χ1) is 7.52. The van der Waals surface area contributed by atoms with Crippen LogP contribution in [0.4, 0.5) is 4.39 Å². The van der Waals surface area contributed by atoms with Gasteiger partial charge in [0.2, 0.25) is 0 Å². The molecule has 16 heavy (non-hydrogen) atoms. The SMILES string of the molecule is COc1ccc(CC(C)CC(C)O)cc1F. The maximum absolute atomic E-state index is 13.4. The molecule has 0 heterocycles. The summed E-state index contributed by atoms with van der Waals surface area (Å²) in [5.41, 5.74) is 0.937. The Balaban J connectivity index is 2.64. The van der Waals surface area contributed by atoms with Crippen LogP contribution in [0.15, 0.2) is 18.2 Å². The van der Waals surface area contributed by atoms with E-state index in [2.05, 4.69) is 6.92 Å². The van der Waals surface area contributed by atoms with Gasteiger partial charge in [0.1, 0.15) is 0 Å². The van der Waals surface area contributed by atoms with Crippen molar-refractivity contribution in [2.24, 2.45) is 5.92 Å². The molecule has 1 N–H and O–H groups in total. The van der Waals surface area contributed by atoms with Crippen LogP contribution in [0, 0.1) is 11.7 Å². The zero-order chi connectivity index (χ0) is 12.1. The molecule has 0 aliphatic carbocycles. The Morgan fingerprint density at radius 1 is 1.38 bits per heavy atom. The number of benzene rings is 1. The van der Waals surface area contributed by atoms with Crippen LogP contribution < -0.4 is 4.74 Å². The zero-order valence-corrected chi connectivity index (χ0v) is 10.0. The van der Waals surface area contributed by atoms with Gasteiger partial charge in [-0.05, 0) is 43.4 Å². The highest BCUT2D eigenvalue weighted by Crippen LogP contribution is 2.20. The molecule has 0 spiro atoms. The van der Waals surface area contributed by atoms with Gasteiger partial charge in [0, 0.05) is 0 Å². The Kier molecular flexibility index (Phi) is 4.74. The third kappa shape index (κ3) is 3.81. The third-order valence-electron chi connectivity index (χ3n) is 2.54. The largest absolute Gasteiger partial charge is 0.494 e. The summed E-state index contributed by atoms with van der Waals surface area (Å²) in [6, 6.07) is 5.00. The molecule has 0 aliphatic rings. The van der Waals surface area contributed by atoms with E-state index in [0.717, 1.165) is 18.4 Å². The van der Waals surface area contributed by atoms with E-state index in [1.165, 1.54) is 13.2 Å². The summed E-state index contributed by atoms with van der Waals surface area (Å²) in [5.74, 6) is 0.281. The lowest BCUT2D eigenvalue weighted by molar-refractivity contribution is 0.164. The monoisotopic (exact) mass is 226 g/mol. The number of hydrogen-bond donors (Lipinski definition) is 1. The maximum atomic E-state index is 13.4. The van der Waals surface area contributed by atoms with E-state index in [0.29, 0.717) is 5.92 Å². The molecule has 2 atom stereocenters. The predicted molar refractivity (Wildman–Crippen MR) is 62.1 cm³/mol. The molecule has 3 heteroatoms. The number of aliphatic hydroxyl groups is 1. The van der Waals surface area contributed by atoms with Crippen LogP contribution in [-0.4, -0.2) is 18.3 Å². The second kappa shape index (κ2) is 5.85. The molecule has 1 aromatic rings. The van der Waals surface area contributed by atoms with Gasteiger partial charge in [-0.2, -0.15) is 0 Å². The number of ether oxygens (including phenoxy) is 1. The second-order valence-corrected chi connectivity index (χ2v) is 4.36. The maximum Gasteiger partial charge on any atom is 0.165 e. The fraction of sp³-hybridized carbons (Fsp3) is 0.538. The van der Waals surface area contributed by atoms with Crippen molar-refractivity contribution in [3.63, 3.8) is 0 Å². The van der Waals surface area contributed by atoms with Crippen molar-refractivity contribution < 1.29 is 14.2 Å². The van der Waals surface area contributed by atoms with E-state index in [9.17, 15) is 9.50 Å². The molecule has 0 saturated heterocycles. The lowest BCUT2D eigenvalue weighted by atomic mass is 9.96. The minimum atomic E-state index is -0.329. The normalized spacial score (nSPS) is 14.6. The quantitative estimate of drug-likeness (QED) is 0.836. The summed E-state index contributed by atoms with van der Waals surface area (Å²) in [6.07, 6.45) is 1.19. The fourth-order valence-corrected chi connectivity index (χ4v) is 1.90. The van der Waals surface area contributed by atoms with Gasteiger partial charge in [0.05, 0.1) is 13.2 Å². The highest BCUT2D eigenvalue weighted by Gasteiger charge is 2.09. The van der Waals surface area contributed by atoms with E-state index in [4.69, 9.17) is 4.74 Å². The van der Waals surface area contributed by atoms with Gasteiger partial charge < -0.3 is 9.84 Å². The molecule has 0 saturated carbocycles. The van der Waals surface area contributed by atoms with Gasteiger partial charge in [-0.15, -0.1) is 0 Å². The number of methoxy groups -OCH3 is 1. The molecule has 0 fully saturated rings. The summed E-state index contributed by atoms with van der Waals surface area (Å²) in [7, 11) is 1.45. The van der Waals surface area contributed by atoms with Crippen molar-refractivity contribution in [3.05, 3.63) is 29.6 Å². The van der Waals surface area contributed by atoms with Crippen molar-refractivity contribution in [2.75, 3.05) is 7.11 Å².